The number of carbonyl (C=O) groups excluding carboxylic acids is 3. The van der Waals surface area contributed by atoms with Crippen LogP contribution in [0.15, 0.2) is 30.3 Å². The molecule has 0 bridgehead atoms. The molecule has 1 aromatic carbocycles. The van der Waals surface area contributed by atoms with Gasteiger partial charge in [0.1, 0.15) is 6.61 Å². The molecular weight excluding hydrogens is 436 g/mol. The van der Waals surface area contributed by atoms with E-state index in [1.54, 1.807) is 0 Å². The quantitative estimate of drug-likeness (QED) is 0.127. The second-order valence-corrected chi connectivity index (χ2v) is 8.39. The first-order valence-corrected chi connectivity index (χ1v) is 12.8. The van der Waals surface area contributed by atoms with Crippen LogP contribution in [-0.4, -0.2) is 37.4 Å². The zero-order valence-electron chi connectivity index (χ0n) is 20.9. The van der Waals surface area contributed by atoms with E-state index in [0.717, 1.165) is 63.4 Å². The van der Waals surface area contributed by atoms with E-state index in [2.05, 4.69) is 13.8 Å². The fourth-order valence-corrected chi connectivity index (χ4v) is 3.28. The standard InChI is InChI=1S/C27H42O7/c1-3-5-7-9-14-20-31-25(28)19-18-24(26(29)32-21-15-10-8-6-4-2)34-27(30)33-22-23-16-12-11-13-17-23/h11-13,16-17,24H,3-10,14-15,18-22H2,1-2H3. The van der Waals surface area contributed by atoms with Gasteiger partial charge in [-0.3, -0.25) is 4.79 Å². The average molecular weight is 479 g/mol. The first-order chi connectivity index (χ1) is 16.6. The minimum Gasteiger partial charge on any atom is -0.466 e. The van der Waals surface area contributed by atoms with E-state index < -0.39 is 24.2 Å². The Morgan fingerprint density at radius 1 is 0.735 bits per heavy atom. The third-order valence-electron chi connectivity index (χ3n) is 5.31. The molecule has 192 valence electrons. The molecule has 34 heavy (non-hydrogen) atoms. The number of hydrogen-bond acceptors (Lipinski definition) is 7. The average Bonchev–Trinajstić information content (AvgIpc) is 2.85. The third-order valence-corrected chi connectivity index (χ3v) is 5.31. The lowest BCUT2D eigenvalue weighted by Crippen LogP contribution is -2.30. The molecule has 1 unspecified atom stereocenters. The number of rotatable bonds is 19. The monoisotopic (exact) mass is 478 g/mol. The van der Waals surface area contributed by atoms with Crippen LogP contribution >= 0.6 is 0 Å². The zero-order valence-corrected chi connectivity index (χ0v) is 20.9. The van der Waals surface area contributed by atoms with Crippen LogP contribution in [0, 0.1) is 0 Å². The maximum atomic E-state index is 12.5. The Hall–Kier alpha value is -2.57. The largest absolute Gasteiger partial charge is 0.509 e. The lowest BCUT2D eigenvalue weighted by atomic mass is 10.1. The molecule has 0 N–H and O–H groups in total. The SMILES string of the molecule is CCCCCCCOC(=O)CCC(OC(=O)OCc1ccccc1)C(=O)OCCCCCCC. The van der Waals surface area contributed by atoms with Crippen molar-refractivity contribution >= 4 is 18.1 Å². The number of ether oxygens (including phenoxy) is 4. The summed E-state index contributed by atoms with van der Waals surface area (Å²) in [7, 11) is 0. The van der Waals surface area contributed by atoms with Gasteiger partial charge in [0.2, 0.25) is 6.10 Å². The summed E-state index contributed by atoms with van der Waals surface area (Å²) in [4.78, 5) is 36.7. The highest BCUT2D eigenvalue weighted by Gasteiger charge is 2.26. The zero-order chi connectivity index (χ0) is 24.9. The molecule has 0 fully saturated rings. The maximum absolute atomic E-state index is 12.5. The minimum atomic E-state index is -1.21. The van der Waals surface area contributed by atoms with E-state index in [-0.39, 0.29) is 26.1 Å². The molecule has 0 radical (unpaired) electrons. The van der Waals surface area contributed by atoms with Gasteiger partial charge in [0, 0.05) is 12.8 Å². The van der Waals surface area contributed by atoms with Gasteiger partial charge in [0.05, 0.1) is 13.2 Å². The van der Waals surface area contributed by atoms with Crippen molar-refractivity contribution in [3.8, 4) is 0 Å². The number of carbonyl (C=O) groups is 3. The van der Waals surface area contributed by atoms with E-state index in [1.165, 1.54) is 6.42 Å². The van der Waals surface area contributed by atoms with Crippen LogP contribution in [0.5, 0.6) is 0 Å². The van der Waals surface area contributed by atoms with Crippen LogP contribution in [0.25, 0.3) is 0 Å². The van der Waals surface area contributed by atoms with E-state index in [4.69, 9.17) is 18.9 Å². The molecule has 0 spiro atoms. The summed E-state index contributed by atoms with van der Waals surface area (Å²) in [5.74, 6) is -1.09. The Morgan fingerprint density at radius 2 is 1.32 bits per heavy atom. The van der Waals surface area contributed by atoms with Crippen LogP contribution in [0.4, 0.5) is 4.79 Å². The van der Waals surface area contributed by atoms with Crippen molar-refractivity contribution in [2.45, 2.75) is 104 Å². The van der Waals surface area contributed by atoms with Gasteiger partial charge in [-0.05, 0) is 18.4 Å². The predicted octanol–water partition coefficient (Wildman–Crippen LogP) is 6.52. The van der Waals surface area contributed by atoms with Crippen molar-refractivity contribution < 1.29 is 33.3 Å². The summed E-state index contributed by atoms with van der Waals surface area (Å²) in [6.45, 7) is 4.92. The molecule has 7 heteroatoms. The summed E-state index contributed by atoms with van der Waals surface area (Å²) in [6.07, 6.45) is 8.13. The minimum absolute atomic E-state index is 0.0101. The number of esters is 2. The fraction of sp³-hybridized carbons (Fsp3) is 0.667. The highest BCUT2D eigenvalue weighted by molar-refractivity contribution is 5.78. The van der Waals surface area contributed by atoms with E-state index in [1.807, 2.05) is 30.3 Å². The molecule has 0 heterocycles. The lowest BCUT2D eigenvalue weighted by molar-refractivity contribution is -0.156. The van der Waals surface area contributed by atoms with E-state index >= 15 is 0 Å². The molecule has 0 aliphatic heterocycles. The molecule has 0 saturated heterocycles. The Balaban J connectivity index is 2.46. The lowest BCUT2D eigenvalue weighted by Gasteiger charge is -2.16. The van der Waals surface area contributed by atoms with Crippen molar-refractivity contribution in [3.05, 3.63) is 35.9 Å². The van der Waals surface area contributed by atoms with Crippen molar-refractivity contribution in [1.29, 1.82) is 0 Å². The van der Waals surface area contributed by atoms with Crippen LogP contribution in [0.3, 0.4) is 0 Å². The van der Waals surface area contributed by atoms with Gasteiger partial charge in [0.25, 0.3) is 0 Å². The fourth-order valence-electron chi connectivity index (χ4n) is 3.28. The number of unbranched alkanes of at least 4 members (excludes halogenated alkanes) is 8. The maximum Gasteiger partial charge on any atom is 0.509 e. The van der Waals surface area contributed by atoms with Gasteiger partial charge in [-0.2, -0.15) is 0 Å². The van der Waals surface area contributed by atoms with Gasteiger partial charge in [-0.15, -0.1) is 0 Å². The molecule has 0 saturated carbocycles. The van der Waals surface area contributed by atoms with Crippen LogP contribution in [0.1, 0.15) is 96.5 Å². The first-order valence-electron chi connectivity index (χ1n) is 12.8. The molecule has 0 aliphatic carbocycles. The Labute approximate surface area is 204 Å². The Morgan fingerprint density at radius 3 is 1.94 bits per heavy atom. The second-order valence-electron chi connectivity index (χ2n) is 8.39. The summed E-state index contributed by atoms with van der Waals surface area (Å²) in [6, 6.07) is 9.16. The van der Waals surface area contributed by atoms with Crippen molar-refractivity contribution in [1.82, 2.24) is 0 Å². The molecule has 0 aromatic heterocycles. The van der Waals surface area contributed by atoms with Crippen molar-refractivity contribution in [3.63, 3.8) is 0 Å². The Bertz CT molecular complexity index is 675. The molecule has 0 aliphatic rings. The van der Waals surface area contributed by atoms with Gasteiger partial charge >= 0.3 is 18.1 Å². The predicted molar refractivity (Wildman–Crippen MR) is 130 cm³/mol. The smallest absolute Gasteiger partial charge is 0.466 e. The molecular formula is C27H42O7. The Kier molecular flexibility index (Phi) is 17.2. The van der Waals surface area contributed by atoms with Gasteiger partial charge in [-0.25, -0.2) is 9.59 Å². The van der Waals surface area contributed by atoms with Crippen LogP contribution < -0.4 is 0 Å². The summed E-state index contributed by atoms with van der Waals surface area (Å²) in [5, 5.41) is 0. The van der Waals surface area contributed by atoms with E-state index in [9.17, 15) is 14.4 Å². The summed E-state index contributed by atoms with van der Waals surface area (Å²) in [5.41, 5.74) is 0.799. The molecule has 7 nitrogen and oxygen atoms in total. The van der Waals surface area contributed by atoms with Crippen molar-refractivity contribution in [2.24, 2.45) is 0 Å². The first kappa shape index (κ1) is 29.5. The number of benzene rings is 1. The van der Waals surface area contributed by atoms with Crippen LogP contribution in [0.2, 0.25) is 0 Å². The summed E-state index contributed by atoms with van der Waals surface area (Å²) < 4.78 is 20.8. The normalized spacial score (nSPS) is 11.5. The highest BCUT2D eigenvalue weighted by Crippen LogP contribution is 2.11. The molecule has 0 amide bonds. The second kappa shape index (κ2) is 19.9. The molecule has 1 atom stereocenters. The van der Waals surface area contributed by atoms with Gasteiger partial charge in [0.15, 0.2) is 0 Å². The number of hydrogen-bond donors (Lipinski definition) is 0. The molecule has 1 aromatic rings. The summed E-state index contributed by atoms with van der Waals surface area (Å²) >= 11 is 0. The third kappa shape index (κ3) is 15.3. The van der Waals surface area contributed by atoms with Gasteiger partial charge < -0.3 is 18.9 Å². The van der Waals surface area contributed by atoms with Gasteiger partial charge in [-0.1, -0.05) is 95.5 Å². The highest BCUT2D eigenvalue weighted by atomic mass is 16.7. The van der Waals surface area contributed by atoms with Crippen molar-refractivity contribution in [2.75, 3.05) is 13.2 Å². The van der Waals surface area contributed by atoms with Crippen LogP contribution in [-0.2, 0) is 35.1 Å². The topological polar surface area (TPSA) is 88.1 Å². The molecule has 1 rings (SSSR count). The van der Waals surface area contributed by atoms with E-state index in [0.29, 0.717) is 6.61 Å².